The van der Waals surface area contributed by atoms with Gasteiger partial charge in [-0.2, -0.15) is 0 Å². The van der Waals surface area contributed by atoms with Crippen LogP contribution in [0.15, 0.2) is 58.8 Å². The molecule has 4 nitrogen and oxygen atoms in total. The molecule has 1 aromatic heterocycles. The summed E-state index contributed by atoms with van der Waals surface area (Å²) in [5.41, 5.74) is 4.13. The summed E-state index contributed by atoms with van der Waals surface area (Å²) >= 11 is 1.61. The molecule has 0 aliphatic carbocycles. The minimum atomic E-state index is -3.20. The van der Waals surface area contributed by atoms with Gasteiger partial charge < -0.3 is 5.32 Å². The summed E-state index contributed by atoms with van der Waals surface area (Å²) in [5.74, 6) is 0.516. The summed E-state index contributed by atoms with van der Waals surface area (Å²) in [7, 11) is -3.20. The number of hydrogen-bond donors (Lipinski definition) is 1. The Morgan fingerprint density at radius 1 is 1.12 bits per heavy atom. The van der Waals surface area contributed by atoms with E-state index in [4.69, 9.17) is 0 Å². The van der Waals surface area contributed by atoms with E-state index in [1.54, 1.807) is 29.5 Å². The summed E-state index contributed by atoms with van der Waals surface area (Å²) in [6.07, 6.45) is 1.21. The van der Waals surface area contributed by atoms with Gasteiger partial charge in [0.1, 0.15) is 5.01 Å². The minimum absolute atomic E-state index is 0.312. The molecule has 6 heteroatoms. The van der Waals surface area contributed by atoms with E-state index in [0.29, 0.717) is 17.4 Å². The zero-order valence-electron chi connectivity index (χ0n) is 15.1. The van der Waals surface area contributed by atoms with Gasteiger partial charge in [-0.3, -0.25) is 0 Å². The normalized spacial score (nSPS) is 11.7. The van der Waals surface area contributed by atoms with Gasteiger partial charge in [0.15, 0.2) is 9.84 Å². The van der Waals surface area contributed by atoms with Crippen LogP contribution >= 0.6 is 11.3 Å². The summed E-state index contributed by atoms with van der Waals surface area (Å²) in [6, 6.07) is 15.4. The van der Waals surface area contributed by atoms with E-state index in [1.165, 1.54) is 11.8 Å². The van der Waals surface area contributed by atoms with Gasteiger partial charge in [0.05, 0.1) is 17.1 Å². The summed E-state index contributed by atoms with van der Waals surface area (Å²) in [6.45, 7) is 4.91. The standard InChI is InChI=1S/C20H22N2O2S2/c1-14(2)15-7-9-16(10-8-15)20-22-18(13-25-20)12-21-17-5-4-6-19(11-17)26(3,23)24/h4-11,13-14,21H,12H2,1-3H3. The molecular weight excluding hydrogens is 364 g/mol. The maximum absolute atomic E-state index is 11.6. The molecule has 136 valence electrons. The first kappa shape index (κ1) is 18.6. The average Bonchev–Trinajstić information content (AvgIpc) is 3.08. The fourth-order valence-electron chi connectivity index (χ4n) is 2.56. The van der Waals surface area contributed by atoms with E-state index in [0.717, 1.165) is 22.0 Å². The topological polar surface area (TPSA) is 59.1 Å². The third kappa shape index (κ3) is 4.51. The fraction of sp³-hybridized carbons (Fsp3) is 0.250. The van der Waals surface area contributed by atoms with Gasteiger partial charge in [-0.25, -0.2) is 13.4 Å². The molecule has 0 fully saturated rings. The number of nitrogens with one attached hydrogen (secondary N) is 1. The second-order valence-electron chi connectivity index (χ2n) is 6.57. The average molecular weight is 387 g/mol. The molecule has 0 aliphatic heterocycles. The van der Waals surface area contributed by atoms with Crippen molar-refractivity contribution in [3.05, 3.63) is 65.2 Å². The highest BCUT2D eigenvalue weighted by Gasteiger charge is 2.09. The molecule has 1 N–H and O–H groups in total. The fourth-order valence-corrected chi connectivity index (χ4v) is 4.05. The minimum Gasteiger partial charge on any atom is -0.379 e. The molecule has 0 saturated heterocycles. The quantitative estimate of drug-likeness (QED) is 0.651. The van der Waals surface area contributed by atoms with Crippen molar-refractivity contribution in [1.82, 2.24) is 4.98 Å². The highest BCUT2D eigenvalue weighted by molar-refractivity contribution is 7.90. The molecule has 0 unspecified atom stereocenters. The summed E-state index contributed by atoms with van der Waals surface area (Å²) in [5, 5.41) is 6.26. The maximum atomic E-state index is 11.6. The van der Waals surface area contributed by atoms with Crippen LogP contribution in [0.2, 0.25) is 0 Å². The lowest BCUT2D eigenvalue weighted by molar-refractivity contribution is 0.602. The largest absolute Gasteiger partial charge is 0.379 e. The Morgan fingerprint density at radius 3 is 2.50 bits per heavy atom. The monoisotopic (exact) mass is 386 g/mol. The van der Waals surface area contributed by atoms with Crippen molar-refractivity contribution in [3.8, 4) is 10.6 Å². The zero-order chi connectivity index (χ0) is 18.7. The lowest BCUT2D eigenvalue weighted by atomic mass is 10.0. The van der Waals surface area contributed by atoms with E-state index in [1.807, 2.05) is 11.4 Å². The van der Waals surface area contributed by atoms with Crippen molar-refractivity contribution >= 4 is 26.9 Å². The van der Waals surface area contributed by atoms with Gasteiger partial charge in [-0.1, -0.05) is 44.2 Å². The van der Waals surface area contributed by atoms with Crippen LogP contribution in [0.4, 0.5) is 5.69 Å². The van der Waals surface area contributed by atoms with Crippen molar-refractivity contribution in [2.45, 2.75) is 31.2 Å². The van der Waals surface area contributed by atoms with Gasteiger partial charge in [0.25, 0.3) is 0 Å². The van der Waals surface area contributed by atoms with E-state index >= 15 is 0 Å². The van der Waals surface area contributed by atoms with Crippen LogP contribution in [-0.2, 0) is 16.4 Å². The Balaban J connectivity index is 1.69. The molecule has 0 atom stereocenters. The second kappa shape index (κ2) is 7.60. The van der Waals surface area contributed by atoms with Crippen molar-refractivity contribution in [2.75, 3.05) is 11.6 Å². The van der Waals surface area contributed by atoms with Crippen LogP contribution < -0.4 is 5.32 Å². The number of sulfone groups is 1. The molecule has 3 aromatic rings. The van der Waals surface area contributed by atoms with Gasteiger partial charge in [0.2, 0.25) is 0 Å². The molecule has 26 heavy (non-hydrogen) atoms. The van der Waals surface area contributed by atoms with Crippen LogP contribution in [0.25, 0.3) is 10.6 Å². The van der Waals surface area contributed by atoms with Crippen LogP contribution in [-0.4, -0.2) is 19.7 Å². The predicted molar refractivity (Wildman–Crippen MR) is 109 cm³/mol. The first-order valence-electron chi connectivity index (χ1n) is 8.41. The highest BCUT2D eigenvalue weighted by Crippen LogP contribution is 2.26. The van der Waals surface area contributed by atoms with Crippen LogP contribution in [0.5, 0.6) is 0 Å². The smallest absolute Gasteiger partial charge is 0.175 e. The number of hydrogen-bond acceptors (Lipinski definition) is 5. The van der Waals surface area contributed by atoms with Gasteiger partial charge in [0, 0.05) is 22.9 Å². The number of benzene rings is 2. The molecule has 0 spiro atoms. The van der Waals surface area contributed by atoms with Crippen molar-refractivity contribution in [2.24, 2.45) is 0 Å². The zero-order valence-corrected chi connectivity index (χ0v) is 16.7. The molecule has 0 radical (unpaired) electrons. The molecule has 2 aromatic carbocycles. The van der Waals surface area contributed by atoms with Crippen molar-refractivity contribution < 1.29 is 8.42 Å². The van der Waals surface area contributed by atoms with Crippen LogP contribution in [0.1, 0.15) is 31.0 Å². The Labute approximate surface area is 158 Å². The predicted octanol–water partition coefficient (Wildman–Crippen LogP) is 4.95. The Bertz CT molecular complexity index is 991. The van der Waals surface area contributed by atoms with Crippen molar-refractivity contribution in [1.29, 1.82) is 0 Å². The Kier molecular flexibility index (Phi) is 5.44. The number of nitrogens with zero attached hydrogens (tertiary/aromatic N) is 1. The lowest BCUT2D eigenvalue weighted by Crippen LogP contribution is -2.02. The molecule has 0 saturated carbocycles. The third-order valence-electron chi connectivity index (χ3n) is 4.11. The van der Waals surface area contributed by atoms with Crippen LogP contribution in [0, 0.1) is 0 Å². The van der Waals surface area contributed by atoms with Crippen LogP contribution in [0.3, 0.4) is 0 Å². The highest BCUT2D eigenvalue weighted by atomic mass is 32.2. The molecule has 0 amide bonds. The number of thiazole rings is 1. The summed E-state index contributed by atoms with van der Waals surface area (Å²) < 4.78 is 23.3. The number of aromatic nitrogens is 1. The Morgan fingerprint density at radius 2 is 1.85 bits per heavy atom. The van der Waals surface area contributed by atoms with E-state index < -0.39 is 9.84 Å². The first-order valence-corrected chi connectivity index (χ1v) is 11.2. The maximum Gasteiger partial charge on any atom is 0.175 e. The van der Waals surface area contributed by atoms with Crippen molar-refractivity contribution in [3.63, 3.8) is 0 Å². The van der Waals surface area contributed by atoms with Gasteiger partial charge in [-0.05, 0) is 29.7 Å². The first-order chi connectivity index (χ1) is 12.3. The second-order valence-corrected chi connectivity index (χ2v) is 9.45. The van der Waals surface area contributed by atoms with E-state index in [9.17, 15) is 8.42 Å². The Hall–Kier alpha value is -2.18. The molecule has 3 rings (SSSR count). The SMILES string of the molecule is CC(C)c1ccc(-c2nc(CNc3cccc(S(C)(=O)=O)c3)cs2)cc1. The summed E-state index contributed by atoms with van der Waals surface area (Å²) in [4.78, 5) is 4.99. The van der Waals surface area contributed by atoms with Gasteiger partial charge >= 0.3 is 0 Å². The molecule has 1 heterocycles. The van der Waals surface area contributed by atoms with Gasteiger partial charge in [-0.15, -0.1) is 11.3 Å². The number of anilines is 1. The third-order valence-corrected chi connectivity index (χ3v) is 6.16. The van der Waals surface area contributed by atoms with E-state index in [2.05, 4.69) is 48.4 Å². The molecule has 0 bridgehead atoms. The molecular formula is C20H22N2O2S2. The lowest BCUT2D eigenvalue weighted by Gasteiger charge is -2.06. The molecule has 0 aliphatic rings. The number of rotatable bonds is 6. The van der Waals surface area contributed by atoms with E-state index in [-0.39, 0.29) is 0 Å².